The molecule has 3 rings (SSSR count). The Morgan fingerprint density at radius 1 is 1.23 bits per heavy atom. The molecule has 134 valence electrons. The van der Waals surface area contributed by atoms with Gasteiger partial charge >= 0.3 is 0 Å². The molecule has 1 aromatic carbocycles. The maximum Gasteiger partial charge on any atom is 0.260 e. The second kappa shape index (κ2) is 7.72. The van der Waals surface area contributed by atoms with Crippen LogP contribution in [0.3, 0.4) is 0 Å². The van der Waals surface area contributed by atoms with Crippen molar-refractivity contribution >= 4 is 45.6 Å². The molecule has 0 unspecified atom stereocenters. The zero-order chi connectivity index (χ0) is 18.7. The molecule has 0 atom stereocenters. The number of halogens is 1. The summed E-state index contributed by atoms with van der Waals surface area (Å²) in [6, 6.07) is 7.01. The van der Waals surface area contributed by atoms with E-state index in [2.05, 4.69) is 15.6 Å². The van der Waals surface area contributed by atoms with Gasteiger partial charge in [0.15, 0.2) is 5.13 Å². The van der Waals surface area contributed by atoms with Crippen LogP contribution in [-0.4, -0.2) is 16.8 Å². The van der Waals surface area contributed by atoms with Gasteiger partial charge in [-0.05, 0) is 37.6 Å². The van der Waals surface area contributed by atoms with Gasteiger partial charge in [0, 0.05) is 5.38 Å². The Hall–Kier alpha value is -2.64. The molecular formula is C18H16ClN3O3S. The Morgan fingerprint density at radius 3 is 2.73 bits per heavy atom. The smallest absolute Gasteiger partial charge is 0.260 e. The van der Waals surface area contributed by atoms with Crippen LogP contribution in [-0.2, 0) is 11.2 Å². The highest BCUT2D eigenvalue weighted by atomic mass is 35.5. The molecule has 0 bridgehead atoms. The first kappa shape index (κ1) is 18.2. The Kier molecular flexibility index (Phi) is 5.39. The summed E-state index contributed by atoms with van der Waals surface area (Å²) in [4.78, 5) is 28.6. The van der Waals surface area contributed by atoms with Gasteiger partial charge < -0.3 is 9.73 Å². The van der Waals surface area contributed by atoms with Crippen molar-refractivity contribution < 1.29 is 14.0 Å². The lowest BCUT2D eigenvalue weighted by Crippen LogP contribution is -2.15. The SMILES string of the molecule is Cc1ccc(NC(=O)Cc2csc(NC(=O)c3ccoc3C)n2)c(Cl)c1. The van der Waals surface area contributed by atoms with Gasteiger partial charge in [-0.25, -0.2) is 4.98 Å². The van der Waals surface area contributed by atoms with Crippen LogP contribution < -0.4 is 10.6 Å². The normalized spacial score (nSPS) is 10.6. The number of furan rings is 1. The minimum Gasteiger partial charge on any atom is -0.469 e. The molecule has 0 aliphatic carbocycles. The van der Waals surface area contributed by atoms with E-state index in [9.17, 15) is 9.59 Å². The number of anilines is 2. The number of thiazole rings is 1. The third kappa shape index (κ3) is 4.30. The average molecular weight is 390 g/mol. The van der Waals surface area contributed by atoms with Crippen LogP contribution >= 0.6 is 22.9 Å². The molecule has 2 amide bonds. The molecule has 0 saturated carbocycles. The third-order valence-electron chi connectivity index (χ3n) is 3.62. The lowest BCUT2D eigenvalue weighted by molar-refractivity contribution is -0.115. The highest BCUT2D eigenvalue weighted by Crippen LogP contribution is 2.23. The number of nitrogens with one attached hydrogen (secondary N) is 2. The number of nitrogens with zero attached hydrogens (tertiary/aromatic N) is 1. The van der Waals surface area contributed by atoms with Crippen LogP contribution in [0.4, 0.5) is 10.8 Å². The third-order valence-corrected chi connectivity index (χ3v) is 4.74. The Bertz CT molecular complexity index is 964. The molecule has 2 aromatic heterocycles. The lowest BCUT2D eigenvalue weighted by Gasteiger charge is -2.07. The fourth-order valence-corrected chi connectivity index (χ4v) is 3.30. The molecule has 0 fully saturated rings. The van der Waals surface area contributed by atoms with Gasteiger partial charge in [0.25, 0.3) is 5.91 Å². The highest BCUT2D eigenvalue weighted by Gasteiger charge is 2.15. The average Bonchev–Trinajstić information content (AvgIpc) is 3.19. The van der Waals surface area contributed by atoms with Crippen molar-refractivity contribution in [1.29, 1.82) is 0 Å². The van der Waals surface area contributed by atoms with Crippen molar-refractivity contribution in [2.24, 2.45) is 0 Å². The van der Waals surface area contributed by atoms with Crippen LogP contribution in [0.25, 0.3) is 0 Å². The molecule has 8 heteroatoms. The topological polar surface area (TPSA) is 84.2 Å². The van der Waals surface area contributed by atoms with Gasteiger partial charge in [-0.1, -0.05) is 17.7 Å². The Balaban J connectivity index is 1.60. The van der Waals surface area contributed by atoms with E-state index < -0.39 is 0 Å². The van der Waals surface area contributed by atoms with Crippen molar-refractivity contribution in [3.63, 3.8) is 0 Å². The lowest BCUT2D eigenvalue weighted by atomic mass is 10.2. The van der Waals surface area contributed by atoms with Crippen LogP contribution in [0.5, 0.6) is 0 Å². The second-order valence-corrected chi connectivity index (χ2v) is 6.96. The number of aromatic nitrogens is 1. The monoisotopic (exact) mass is 389 g/mol. The minimum atomic E-state index is -0.298. The molecule has 26 heavy (non-hydrogen) atoms. The maximum atomic E-state index is 12.2. The first-order valence-corrected chi connectivity index (χ1v) is 9.04. The number of carbonyl (C=O) groups excluding carboxylic acids is 2. The molecule has 0 aliphatic rings. The summed E-state index contributed by atoms with van der Waals surface area (Å²) >= 11 is 7.37. The van der Waals surface area contributed by atoms with Crippen LogP contribution in [0.15, 0.2) is 40.3 Å². The van der Waals surface area contributed by atoms with Gasteiger partial charge in [-0.2, -0.15) is 0 Å². The van der Waals surface area contributed by atoms with E-state index in [0.717, 1.165) is 5.56 Å². The van der Waals surface area contributed by atoms with E-state index in [4.69, 9.17) is 16.0 Å². The Labute approximate surface area is 159 Å². The number of benzene rings is 1. The van der Waals surface area contributed by atoms with E-state index in [1.807, 2.05) is 13.0 Å². The van der Waals surface area contributed by atoms with Crippen molar-refractivity contribution in [3.05, 3.63) is 63.5 Å². The largest absolute Gasteiger partial charge is 0.469 e. The number of amides is 2. The fraction of sp³-hybridized carbons (Fsp3) is 0.167. The van der Waals surface area contributed by atoms with Gasteiger partial charge in [0.1, 0.15) is 5.76 Å². The van der Waals surface area contributed by atoms with Crippen LogP contribution in [0, 0.1) is 13.8 Å². The van der Waals surface area contributed by atoms with E-state index in [1.165, 1.54) is 17.6 Å². The van der Waals surface area contributed by atoms with Crippen LogP contribution in [0.1, 0.15) is 27.4 Å². The summed E-state index contributed by atoms with van der Waals surface area (Å²) < 4.78 is 5.11. The minimum absolute atomic E-state index is 0.0846. The Morgan fingerprint density at radius 2 is 2.04 bits per heavy atom. The maximum absolute atomic E-state index is 12.2. The zero-order valence-electron chi connectivity index (χ0n) is 14.1. The van der Waals surface area contributed by atoms with Crippen molar-refractivity contribution in [1.82, 2.24) is 4.98 Å². The standard InChI is InChI=1S/C18H16ClN3O3S/c1-10-3-4-15(14(19)7-10)21-16(23)8-12-9-26-18(20-12)22-17(24)13-5-6-25-11(13)2/h3-7,9H,8H2,1-2H3,(H,21,23)(H,20,22,24). The zero-order valence-corrected chi connectivity index (χ0v) is 15.7. The number of carbonyl (C=O) groups is 2. The van der Waals surface area contributed by atoms with E-state index in [1.54, 1.807) is 30.5 Å². The first-order valence-electron chi connectivity index (χ1n) is 7.78. The molecule has 6 nitrogen and oxygen atoms in total. The second-order valence-electron chi connectivity index (χ2n) is 5.70. The summed E-state index contributed by atoms with van der Waals surface area (Å²) in [6.07, 6.45) is 1.54. The molecule has 3 aromatic rings. The van der Waals surface area contributed by atoms with Gasteiger partial charge in [0.2, 0.25) is 5.91 Å². The summed E-state index contributed by atoms with van der Waals surface area (Å²) in [5, 5.41) is 8.10. The fourth-order valence-electron chi connectivity index (χ4n) is 2.31. The van der Waals surface area contributed by atoms with Crippen molar-refractivity contribution in [3.8, 4) is 0 Å². The van der Waals surface area contributed by atoms with Gasteiger partial charge in [0.05, 0.1) is 34.7 Å². The molecule has 0 radical (unpaired) electrons. The molecule has 0 saturated heterocycles. The molecule has 2 N–H and O–H groups in total. The number of hydrogen-bond donors (Lipinski definition) is 2. The molecule has 2 heterocycles. The number of hydrogen-bond acceptors (Lipinski definition) is 5. The van der Waals surface area contributed by atoms with E-state index >= 15 is 0 Å². The highest BCUT2D eigenvalue weighted by molar-refractivity contribution is 7.14. The summed E-state index contributed by atoms with van der Waals surface area (Å²) in [5.74, 6) is 0.00582. The first-order chi connectivity index (χ1) is 12.4. The van der Waals surface area contributed by atoms with Crippen molar-refractivity contribution in [2.75, 3.05) is 10.6 Å². The predicted octanol–water partition coefficient (Wildman–Crippen LogP) is 4.44. The summed E-state index contributed by atoms with van der Waals surface area (Å²) in [7, 11) is 0. The number of rotatable bonds is 5. The summed E-state index contributed by atoms with van der Waals surface area (Å²) in [6.45, 7) is 3.64. The van der Waals surface area contributed by atoms with Gasteiger partial charge in [-0.3, -0.25) is 14.9 Å². The van der Waals surface area contributed by atoms with E-state index in [-0.39, 0.29) is 18.2 Å². The van der Waals surface area contributed by atoms with Gasteiger partial charge in [-0.15, -0.1) is 11.3 Å². The molecule has 0 spiro atoms. The summed E-state index contributed by atoms with van der Waals surface area (Å²) in [5.41, 5.74) is 2.59. The number of aryl methyl sites for hydroxylation is 2. The van der Waals surface area contributed by atoms with Crippen molar-refractivity contribution in [2.45, 2.75) is 20.3 Å². The predicted molar refractivity (Wildman–Crippen MR) is 102 cm³/mol. The van der Waals surface area contributed by atoms with Crippen LogP contribution in [0.2, 0.25) is 5.02 Å². The quantitative estimate of drug-likeness (QED) is 0.675. The molecular weight excluding hydrogens is 374 g/mol. The van der Waals surface area contributed by atoms with E-state index in [0.29, 0.717) is 32.9 Å². The molecule has 0 aliphatic heterocycles.